The van der Waals surface area contributed by atoms with E-state index in [0.717, 1.165) is 23.4 Å². The van der Waals surface area contributed by atoms with Gasteiger partial charge in [0.2, 0.25) is 0 Å². The number of aromatic nitrogens is 2. The maximum atomic E-state index is 12.3. The van der Waals surface area contributed by atoms with Gasteiger partial charge in [0.25, 0.3) is 11.1 Å². The molecule has 0 fully saturated rings. The Morgan fingerprint density at radius 2 is 1.59 bits per heavy atom. The van der Waals surface area contributed by atoms with E-state index in [2.05, 4.69) is 9.97 Å². The highest BCUT2D eigenvalue weighted by Gasteiger charge is 1.99. The Kier molecular flexibility index (Phi) is 6.05. The van der Waals surface area contributed by atoms with E-state index in [4.69, 9.17) is 4.74 Å². The topological polar surface area (TPSA) is 78.2 Å². The molecule has 0 aliphatic carbocycles. The molecule has 0 saturated heterocycles. The molecule has 0 amide bonds. The number of ether oxygens (including phenoxy) is 1. The molecule has 0 radical (unpaired) electrons. The molecular formula is C20H21N3O3S. The molecule has 2 heterocycles. The van der Waals surface area contributed by atoms with E-state index in [-0.39, 0.29) is 21.8 Å². The number of nitrogens with zero attached hydrogens (tertiary/aromatic N) is 1. The van der Waals surface area contributed by atoms with Gasteiger partial charge in [-0.2, -0.15) is 11.3 Å². The van der Waals surface area contributed by atoms with E-state index in [9.17, 15) is 9.59 Å². The van der Waals surface area contributed by atoms with Crippen molar-refractivity contribution in [2.24, 2.45) is 0 Å². The highest BCUT2D eigenvalue weighted by molar-refractivity contribution is 7.08. The van der Waals surface area contributed by atoms with Crippen LogP contribution in [-0.2, 0) is 0 Å². The SMILES string of the molecule is CN(C)CCOc1ccc(C=c2[nH]c(=O)c(=Cc3ccsc3)[nH]c2=O)cc1. The Labute approximate surface area is 160 Å². The fourth-order valence-corrected chi connectivity index (χ4v) is 3.01. The fourth-order valence-electron chi connectivity index (χ4n) is 2.39. The van der Waals surface area contributed by atoms with Crippen molar-refractivity contribution in [3.8, 4) is 5.75 Å². The van der Waals surface area contributed by atoms with E-state index in [0.29, 0.717) is 6.61 Å². The monoisotopic (exact) mass is 383 g/mol. The summed E-state index contributed by atoms with van der Waals surface area (Å²) in [6.07, 6.45) is 3.29. The molecule has 6 nitrogen and oxygen atoms in total. The van der Waals surface area contributed by atoms with Gasteiger partial charge in [0, 0.05) is 6.54 Å². The van der Waals surface area contributed by atoms with E-state index < -0.39 is 0 Å². The Bertz CT molecular complexity index is 1110. The van der Waals surface area contributed by atoms with Crippen molar-refractivity contribution < 1.29 is 4.74 Å². The van der Waals surface area contributed by atoms with Crippen LogP contribution < -0.4 is 26.6 Å². The molecule has 0 saturated carbocycles. The van der Waals surface area contributed by atoms with Gasteiger partial charge >= 0.3 is 0 Å². The molecule has 1 aromatic carbocycles. The van der Waals surface area contributed by atoms with Crippen LogP contribution in [0.2, 0.25) is 0 Å². The first-order valence-corrected chi connectivity index (χ1v) is 9.41. The number of hydrogen-bond donors (Lipinski definition) is 2. The van der Waals surface area contributed by atoms with Crippen LogP contribution >= 0.6 is 11.3 Å². The maximum Gasteiger partial charge on any atom is 0.272 e. The fraction of sp³-hybridized carbons (Fsp3) is 0.200. The van der Waals surface area contributed by atoms with E-state index in [1.165, 1.54) is 11.3 Å². The number of nitrogens with one attached hydrogen (secondary N) is 2. The third-order valence-corrected chi connectivity index (χ3v) is 4.54. The highest BCUT2D eigenvalue weighted by Crippen LogP contribution is 2.12. The predicted octanol–water partition coefficient (Wildman–Crippen LogP) is 0.723. The van der Waals surface area contributed by atoms with Crippen molar-refractivity contribution in [3.05, 3.63) is 83.6 Å². The quantitative estimate of drug-likeness (QED) is 0.658. The minimum Gasteiger partial charge on any atom is -0.492 e. The maximum absolute atomic E-state index is 12.3. The average molecular weight is 383 g/mol. The highest BCUT2D eigenvalue weighted by atomic mass is 32.1. The standard InChI is InChI=1S/C20H21N3O3S/c1-23(2)8-9-26-16-5-3-14(4-6-16)11-17-19(24)22-18(20(25)21-17)12-15-7-10-27-13-15/h3-7,10-13H,8-9H2,1-2H3,(H,21,25)(H,22,24). The van der Waals surface area contributed by atoms with Crippen molar-refractivity contribution >= 4 is 23.5 Å². The summed E-state index contributed by atoms with van der Waals surface area (Å²) in [4.78, 5) is 31.9. The lowest BCUT2D eigenvalue weighted by atomic mass is 10.2. The number of hydrogen-bond acceptors (Lipinski definition) is 5. The third kappa shape index (κ3) is 5.29. The zero-order valence-electron chi connectivity index (χ0n) is 15.2. The summed E-state index contributed by atoms with van der Waals surface area (Å²) in [6, 6.07) is 9.24. The van der Waals surface area contributed by atoms with Crippen molar-refractivity contribution in [2.45, 2.75) is 0 Å². The van der Waals surface area contributed by atoms with Crippen LogP contribution in [0.15, 0.2) is 50.7 Å². The molecule has 7 heteroatoms. The van der Waals surface area contributed by atoms with Crippen LogP contribution in [0.5, 0.6) is 5.75 Å². The zero-order valence-corrected chi connectivity index (χ0v) is 16.0. The van der Waals surface area contributed by atoms with Crippen LogP contribution in [0, 0.1) is 0 Å². The first-order chi connectivity index (χ1) is 13.0. The summed E-state index contributed by atoms with van der Waals surface area (Å²) in [5, 5.41) is 4.26. The molecule has 0 aliphatic heterocycles. The number of likely N-dealkylation sites (N-methyl/N-ethyl adjacent to an activating group) is 1. The van der Waals surface area contributed by atoms with Crippen LogP contribution in [0.1, 0.15) is 11.1 Å². The van der Waals surface area contributed by atoms with E-state index in [1.54, 1.807) is 12.2 Å². The van der Waals surface area contributed by atoms with Gasteiger partial charge in [-0.1, -0.05) is 12.1 Å². The van der Waals surface area contributed by atoms with Crippen LogP contribution in [0.25, 0.3) is 12.2 Å². The second-order valence-electron chi connectivity index (χ2n) is 6.30. The Morgan fingerprint density at radius 3 is 2.15 bits per heavy atom. The first-order valence-electron chi connectivity index (χ1n) is 8.47. The van der Waals surface area contributed by atoms with E-state index >= 15 is 0 Å². The minimum absolute atomic E-state index is 0.212. The Balaban J connectivity index is 1.84. The molecule has 2 aromatic heterocycles. The molecule has 2 N–H and O–H groups in total. The van der Waals surface area contributed by atoms with Crippen molar-refractivity contribution in [2.75, 3.05) is 27.2 Å². The minimum atomic E-state index is -0.345. The molecule has 0 aliphatic rings. The van der Waals surface area contributed by atoms with E-state index in [1.807, 2.05) is 60.1 Å². The smallest absolute Gasteiger partial charge is 0.272 e. The summed E-state index contributed by atoms with van der Waals surface area (Å²) in [5.74, 6) is 0.761. The van der Waals surface area contributed by atoms with Gasteiger partial charge in [-0.05, 0) is 66.3 Å². The molecule has 3 rings (SSSR count). The van der Waals surface area contributed by atoms with Gasteiger partial charge in [0.05, 0.1) is 0 Å². The molecule has 27 heavy (non-hydrogen) atoms. The van der Waals surface area contributed by atoms with Gasteiger partial charge in [-0.15, -0.1) is 0 Å². The van der Waals surface area contributed by atoms with Gasteiger partial charge in [0.1, 0.15) is 23.1 Å². The largest absolute Gasteiger partial charge is 0.492 e. The van der Waals surface area contributed by atoms with Crippen molar-refractivity contribution in [1.82, 2.24) is 14.9 Å². The van der Waals surface area contributed by atoms with Crippen LogP contribution in [-0.4, -0.2) is 42.1 Å². The molecule has 0 spiro atoms. The molecular weight excluding hydrogens is 362 g/mol. The van der Waals surface area contributed by atoms with Gasteiger partial charge in [-0.3, -0.25) is 9.59 Å². The number of H-pyrrole nitrogens is 2. The average Bonchev–Trinajstić information content (AvgIpc) is 3.13. The number of benzene rings is 1. The molecule has 0 atom stereocenters. The molecule has 0 unspecified atom stereocenters. The van der Waals surface area contributed by atoms with Crippen LogP contribution in [0.3, 0.4) is 0 Å². The molecule has 3 aromatic rings. The van der Waals surface area contributed by atoms with Crippen LogP contribution in [0.4, 0.5) is 0 Å². The lowest BCUT2D eigenvalue weighted by Crippen LogP contribution is -2.46. The van der Waals surface area contributed by atoms with Crippen molar-refractivity contribution in [3.63, 3.8) is 0 Å². The predicted molar refractivity (Wildman–Crippen MR) is 109 cm³/mol. The summed E-state index contributed by atoms with van der Waals surface area (Å²) in [6.45, 7) is 1.43. The molecule has 140 valence electrons. The number of thiophene rings is 1. The second kappa shape index (κ2) is 8.66. The second-order valence-corrected chi connectivity index (χ2v) is 7.08. The summed E-state index contributed by atoms with van der Waals surface area (Å²) < 4.78 is 5.65. The summed E-state index contributed by atoms with van der Waals surface area (Å²) in [5.41, 5.74) is 0.992. The van der Waals surface area contributed by atoms with Gasteiger partial charge in [-0.25, -0.2) is 0 Å². The lowest BCUT2D eigenvalue weighted by Gasteiger charge is -2.10. The lowest BCUT2D eigenvalue weighted by molar-refractivity contribution is 0.261. The zero-order chi connectivity index (χ0) is 19.2. The number of aromatic amines is 2. The first kappa shape index (κ1) is 18.9. The van der Waals surface area contributed by atoms with Crippen molar-refractivity contribution in [1.29, 1.82) is 0 Å². The van der Waals surface area contributed by atoms with Gasteiger partial charge < -0.3 is 19.6 Å². The Morgan fingerprint density at radius 1 is 0.963 bits per heavy atom. The summed E-state index contributed by atoms with van der Waals surface area (Å²) in [7, 11) is 3.98. The number of rotatable bonds is 6. The third-order valence-electron chi connectivity index (χ3n) is 3.84. The Hall–Kier alpha value is -2.90. The van der Waals surface area contributed by atoms with Gasteiger partial charge in [0.15, 0.2) is 0 Å². The normalized spacial score (nSPS) is 12.7. The summed E-state index contributed by atoms with van der Waals surface area (Å²) >= 11 is 1.53. The molecule has 0 bridgehead atoms.